The first kappa shape index (κ1) is 12.5. The molecule has 0 aromatic carbocycles. The highest BCUT2D eigenvalue weighted by atomic mass is 16.5. The number of carbonyl (C=O) groups is 1. The molecule has 4 heteroatoms. The average molecular weight is 214 g/mol. The van der Waals surface area contributed by atoms with Crippen molar-refractivity contribution in [2.24, 2.45) is 5.73 Å². The Bertz CT molecular complexity index is 211. The molecule has 3 N–H and O–H groups in total. The Morgan fingerprint density at radius 3 is 2.60 bits per heavy atom. The van der Waals surface area contributed by atoms with Crippen LogP contribution in [0.5, 0.6) is 0 Å². The molecule has 0 unspecified atom stereocenters. The van der Waals surface area contributed by atoms with Crippen LogP contribution >= 0.6 is 0 Å². The summed E-state index contributed by atoms with van der Waals surface area (Å²) in [6.45, 7) is 4.40. The number of hydrogen-bond acceptors (Lipinski definition) is 3. The molecule has 4 nitrogen and oxygen atoms in total. The van der Waals surface area contributed by atoms with E-state index in [0.717, 1.165) is 12.8 Å². The Labute approximate surface area is 91.5 Å². The van der Waals surface area contributed by atoms with E-state index < -0.39 is 0 Å². The van der Waals surface area contributed by atoms with E-state index in [1.807, 2.05) is 13.8 Å². The number of nitrogens with one attached hydrogen (secondary N) is 1. The van der Waals surface area contributed by atoms with Crippen molar-refractivity contribution in [2.75, 3.05) is 13.2 Å². The van der Waals surface area contributed by atoms with Gasteiger partial charge in [0, 0.05) is 12.1 Å². The van der Waals surface area contributed by atoms with Gasteiger partial charge in [-0.3, -0.25) is 4.79 Å². The first-order valence-electron chi connectivity index (χ1n) is 5.66. The van der Waals surface area contributed by atoms with Gasteiger partial charge in [0.05, 0.1) is 6.10 Å². The van der Waals surface area contributed by atoms with Crippen LogP contribution in [0.4, 0.5) is 0 Å². The quantitative estimate of drug-likeness (QED) is 0.711. The molecule has 1 amide bonds. The van der Waals surface area contributed by atoms with Crippen LogP contribution in [0, 0.1) is 0 Å². The van der Waals surface area contributed by atoms with Gasteiger partial charge in [-0.25, -0.2) is 0 Å². The third kappa shape index (κ3) is 4.62. The minimum atomic E-state index is -0.337. The van der Waals surface area contributed by atoms with Crippen molar-refractivity contribution >= 4 is 5.91 Å². The molecule has 1 aliphatic carbocycles. The third-order valence-electron chi connectivity index (χ3n) is 2.74. The number of amides is 1. The molecule has 1 fully saturated rings. The SMILES string of the molecule is CC(C)(CN)NC(=O)COC1CCCC1. The standard InChI is InChI=1S/C11H22N2O2/c1-11(2,8-12)13-10(14)7-15-9-5-3-4-6-9/h9H,3-8,12H2,1-2H3,(H,13,14). The first-order valence-corrected chi connectivity index (χ1v) is 5.66. The summed E-state index contributed by atoms with van der Waals surface area (Å²) in [5.74, 6) is -0.0719. The summed E-state index contributed by atoms with van der Waals surface area (Å²) in [6.07, 6.45) is 4.92. The normalized spacial score (nSPS) is 18.1. The van der Waals surface area contributed by atoms with Gasteiger partial charge in [0.1, 0.15) is 6.61 Å². The highest BCUT2D eigenvalue weighted by Gasteiger charge is 2.20. The third-order valence-corrected chi connectivity index (χ3v) is 2.74. The Balaban J connectivity index is 2.18. The maximum atomic E-state index is 11.5. The van der Waals surface area contributed by atoms with E-state index >= 15 is 0 Å². The van der Waals surface area contributed by atoms with Crippen molar-refractivity contribution in [2.45, 2.75) is 51.2 Å². The summed E-state index contributed by atoms with van der Waals surface area (Å²) in [6, 6.07) is 0. The lowest BCUT2D eigenvalue weighted by Gasteiger charge is -2.24. The van der Waals surface area contributed by atoms with Crippen LogP contribution in [0.25, 0.3) is 0 Å². The smallest absolute Gasteiger partial charge is 0.246 e. The zero-order valence-electron chi connectivity index (χ0n) is 9.71. The molecule has 0 heterocycles. The summed E-state index contributed by atoms with van der Waals surface area (Å²) in [5.41, 5.74) is 5.18. The Kier molecular flexibility index (Phi) is 4.54. The van der Waals surface area contributed by atoms with Crippen LogP contribution in [-0.2, 0) is 9.53 Å². The lowest BCUT2D eigenvalue weighted by molar-refractivity contribution is -0.129. The fraction of sp³-hybridized carbons (Fsp3) is 0.909. The number of nitrogens with two attached hydrogens (primary N) is 1. The van der Waals surface area contributed by atoms with Crippen LogP contribution in [0.2, 0.25) is 0 Å². The van der Waals surface area contributed by atoms with Crippen molar-refractivity contribution in [1.82, 2.24) is 5.32 Å². The van der Waals surface area contributed by atoms with Gasteiger partial charge in [-0.2, -0.15) is 0 Å². The van der Waals surface area contributed by atoms with Gasteiger partial charge >= 0.3 is 0 Å². The zero-order valence-corrected chi connectivity index (χ0v) is 9.71. The summed E-state index contributed by atoms with van der Waals surface area (Å²) in [7, 11) is 0. The topological polar surface area (TPSA) is 64.3 Å². The molecule has 1 aliphatic rings. The van der Waals surface area contributed by atoms with Crippen LogP contribution in [-0.4, -0.2) is 30.7 Å². The van der Waals surface area contributed by atoms with E-state index in [1.54, 1.807) is 0 Å². The maximum absolute atomic E-state index is 11.5. The molecule has 0 aliphatic heterocycles. The van der Waals surface area contributed by atoms with Gasteiger partial charge in [0.25, 0.3) is 0 Å². The Morgan fingerprint density at radius 1 is 1.47 bits per heavy atom. The lowest BCUT2D eigenvalue weighted by Crippen LogP contribution is -2.50. The van der Waals surface area contributed by atoms with Crippen LogP contribution in [0.3, 0.4) is 0 Å². The summed E-state index contributed by atoms with van der Waals surface area (Å²) < 4.78 is 5.50. The lowest BCUT2D eigenvalue weighted by atomic mass is 10.1. The fourth-order valence-corrected chi connectivity index (χ4v) is 1.71. The predicted molar refractivity (Wildman–Crippen MR) is 59.5 cm³/mol. The number of carbonyl (C=O) groups excluding carboxylic acids is 1. The van der Waals surface area contributed by atoms with Crippen LogP contribution < -0.4 is 11.1 Å². The molecule has 0 bridgehead atoms. The average Bonchev–Trinajstić information content (AvgIpc) is 2.66. The largest absolute Gasteiger partial charge is 0.368 e. The van der Waals surface area contributed by atoms with Gasteiger partial charge in [-0.05, 0) is 26.7 Å². The molecular formula is C11H22N2O2. The second-order valence-corrected chi connectivity index (χ2v) is 4.85. The minimum absolute atomic E-state index is 0.0719. The van der Waals surface area contributed by atoms with Gasteiger partial charge in [0.2, 0.25) is 5.91 Å². The Hall–Kier alpha value is -0.610. The van der Waals surface area contributed by atoms with Crippen LogP contribution in [0.15, 0.2) is 0 Å². The molecule has 0 saturated heterocycles. The number of ether oxygens (including phenoxy) is 1. The van der Waals surface area contributed by atoms with Gasteiger partial charge in [-0.1, -0.05) is 12.8 Å². The van der Waals surface area contributed by atoms with Gasteiger partial charge < -0.3 is 15.8 Å². The second kappa shape index (κ2) is 5.47. The molecule has 1 rings (SSSR count). The van der Waals surface area contributed by atoms with Crippen molar-refractivity contribution in [3.8, 4) is 0 Å². The zero-order chi connectivity index (χ0) is 11.3. The first-order chi connectivity index (χ1) is 7.03. The van der Waals surface area contributed by atoms with Crippen molar-refractivity contribution in [3.63, 3.8) is 0 Å². The monoisotopic (exact) mass is 214 g/mol. The van der Waals surface area contributed by atoms with E-state index in [1.165, 1.54) is 12.8 Å². The van der Waals surface area contributed by atoms with Crippen molar-refractivity contribution in [1.29, 1.82) is 0 Å². The van der Waals surface area contributed by atoms with E-state index in [-0.39, 0.29) is 24.2 Å². The highest BCUT2D eigenvalue weighted by molar-refractivity contribution is 5.78. The molecule has 88 valence electrons. The molecular weight excluding hydrogens is 192 g/mol. The second-order valence-electron chi connectivity index (χ2n) is 4.85. The molecule has 0 aromatic heterocycles. The van der Waals surface area contributed by atoms with E-state index in [2.05, 4.69) is 5.32 Å². The Morgan fingerprint density at radius 2 is 2.07 bits per heavy atom. The summed E-state index contributed by atoms with van der Waals surface area (Å²) in [5, 5.41) is 2.84. The fourth-order valence-electron chi connectivity index (χ4n) is 1.71. The van der Waals surface area contributed by atoms with Gasteiger partial charge in [-0.15, -0.1) is 0 Å². The number of rotatable bonds is 5. The molecule has 0 spiro atoms. The van der Waals surface area contributed by atoms with Crippen LogP contribution in [0.1, 0.15) is 39.5 Å². The molecule has 0 aromatic rings. The minimum Gasteiger partial charge on any atom is -0.368 e. The van der Waals surface area contributed by atoms with Crippen molar-refractivity contribution < 1.29 is 9.53 Å². The predicted octanol–water partition coefficient (Wildman–Crippen LogP) is 0.799. The molecule has 0 radical (unpaired) electrons. The van der Waals surface area contributed by atoms with E-state index in [4.69, 9.17) is 10.5 Å². The number of hydrogen-bond donors (Lipinski definition) is 2. The van der Waals surface area contributed by atoms with Crippen molar-refractivity contribution in [3.05, 3.63) is 0 Å². The molecule has 15 heavy (non-hydrogen) atoms. The summed E-state index contributed by atoms with van der Waals surface area (Å²) in [4.78, 5) is 11.5. The maximum Gasteiger partial charge on any atom is 0.246 e. The molecule has 0 atom stereocenters. The summed E-state index contributed by atoms with van der Waals surface area (Å²) >= 11 is 0. The molecule has 1 saturated carbocycles. The highest BCUT2D eigenvalue weighted by Crippen LogP contribution is 2.20. The van der Waals surface area contributed by atoms with E-state index in [9.17, 15) is 4.79 Å². The van der Waals surface area contributed by atoms with Gasteiger partial charge in [0.15, 0.2) is 0 Å². The van der Waals surface area contributed by atoms with E-state index in [0.29, 0.717) is 6.54 Å².